The molecule has 2 rings (SSSR count). The van der Waals surface area contributed by atoms with Gasteiger partial charge in [-0.15, -0.1) is 0 Å². The Hall–Kier alpha value is -0.610. The first-order chi connectivity index (χ1) is 8.44. The van der Waals surface area contributed by atoms with Gasteiger partial charge in [-0.25, -0.2) is 0 Å². The second-order valence-corrected chi connectivity index (χ2v) is 6.56. The van der Waals surface area contributed by atoms with Crippen molar-refractivity contribution in [2.24, 2.45) is 11.1 Å². The van der Waals surface area contributed by atoms with Crippen molar-refractivity contribution in [3.05, 3.63) is 0 Å². The van der Waals surface area contributed by atoms with E-state index >= 15 is 0 Å². The van der Waals surface area contributed by atoms with Crippen LogP contribution in [0, 0.1) is 5.41 Å². The van der Waals surface area contributed by atoms with Crippen LogP contribution in [0.4, 0.5) is 0 Å². The van der Waals surface area contributed by atoms with Crippen molar-refractivity contribution in [3.63, 3.8) is 0 Å². The average Bonchev–Trinajstić information content (AvgIpc) is 2.75. The molecule has 4 nitrogen and oxygen atoms in total. The van der Waals surface area contributed by atoms with Crippen molar-refractivity contribution in [2.75, 3.05) is 13.2 Å². The van der Waals surface area contributed by atoms with Gasteiger partial charge in [0.25, 0.3) is 0 Å². The summed E-state index contributed by atoms with van der Waals surface area (Å²) >= 11 is 0. The van der Waals surface area contributed by atoms with E-state index in [1.54, 1.807) is 0 Å². The normalized spacial score (nSPS) is 27.6. The lowest BCUT2D eigenvalue weighted by Crippen LogP contribution is -2.49. The molecule has 2 fully saturated rings. The molecule has 104 valence electrons. The van der Waals surface area contributed by atoms with Gasteiger partial charge in [0.15, 0.2) is 0 Å². The summed E-state index contributed by atoms with van der Waals surface area (Å²) in [5, 5.41) is 3.51. The molecule has 1 amide bonds. The number of nitrogens with one attached hydrogen (secondary N) is 1. The van der Waals surface area contributed by atoms with Crippen molar-refractivity contribution in [2.45, 2.75) is 64.0 Å². The fourth-order valence-corrected chi connectivity index (χ4v) is 3.06. The Morgan fingerprint density at radius 2 is 2.11 bits per heavy atom. The molecule has 1 saturated carbocycles. The van der Waals surface area contributed by atoms with Gasteiger partial charge in [0, 0.05) is 19.2 Å². The topological polar surface area (TPSA) is 64.3 Å². The zero-order chi connectivity index (χ0) is 13.2. The number of carbonyl (C=O) groups is 1. The van der Waals surface area contributed by atoms with Gasteiger partial charge in [-0.2, -0.15) is 0 Å². The van der Waals surface area contributed by atoms with E-state index in [9.17, 15) is 4.79 Å². The highest BCUT2D eigenvalue weighted by atomic mass is 16.5. The lowest BCUT2D eigenvalue weighted by Gasteiger charge is -2.39. The van der Waals surface area contributed by atoms with E-state index < -0.39 is 5.41 Å². The van der Waals surface area contributed by atoms with E-state index in [-0.39, 0.29) is 11.5 Å². The maximum Gasteiger partial charge on any atom is 0.224 e. The number of hydrogen-bond acceptors (Lipinski definition) is 3. The third-order valence-corrected chi connectivity index (χ3v) is 4.51. The predicted octanol–water partition coefficient (Wildman–Crippen LogP) is 1.58. The van der Waals surface area contributed by atoms with Gasteiger partial charge in [0.05, 0.1) is 11.0 Å². The first kappa shape index (κ1) is 13.8. The minimum atomic E-state index is -0.471. The van der Waals surface area contributed by atoms with E-state index in [0.717, 1.165) is 19.4 Å². The highest BCUT2D eigenvalue weighted by Crippen LogP contribution is 2.40. The zero-order valence-corrected chi connectivity index (χ0v) is 11.6. The number of ether oxygens (including phenoxy) is 1. The molecule has 0 aromatic heterocycles. The zero-order valence-electron chi connectivity index (χ0n) is 11.6. The summed E-state index contributed by atoms with van der Waals surface area (Å²) in [6, 6.07) is 0.468. The average molecular weight is 254 g/mol. The number of primary amides is 1. The van der Waals surface area contributed by atoms with Crippen LogP contribution >= 0.6 is 0 Å². The largest absolute Gasteiger partial charge is 0.375 e. The van der Waals surface area contributed by atoms with Crippen LogP contribution in [0.1, 0.15) is 52.4 Å². The molecule has 18 heavy (non-hydrogen) atoms. The first-order valence-corrected chi connectivity index (χ1v) is 7.11. The molecule has 2 aliphatic rings. The van der Waals surface area contributed by atoms with Crippen LogP contribution in [-0.2, 0) is 9.53 Å². The van der Waals surface area contributed by atoms with Crippen LogP contribution in [0.3, 0.4) is 0 Å². The van der Waals surface area contributed by atoms with Crippen molar-refractivity contribution < 1.29 is 9.53 Å². The fourth-order valence-electron chi connectivity index (χ4n) is 3.06. The maximum atomic E-state index is 11.3. The van der Waals surface area contributed by atoms with Crippen molar-refractivity contribution >= 4 is 5.91 Å². The Kier molecular flexibility index (Phi) is 3.97. The third kappa shape index (κ3) is 3.04. The molecule has 4 heteroatoms. The quantitative estimate of drug-likeness (QED) is 0.800. The van der Waals surface area contributed by atoms with Crippen LogP contribution in [0.15, 0.2) is 0 Å². The molecule has 1 spiro atoms. The first-order valence-electron chi connectivity index (χ1n) is 7.11. The molecule has 1 heterocycles. The fraction of sp³-hybridized carbons (Fsp3) is 0.929. The van der Waals surface area contributed by atoms with Crippen LogP contribution in [0.25, 0.3) is 0 Å². The van der Waals surface area contributed by atoms with Gasteiger partial charge >= 0.3 is 0 Å². The lowest BCUT2D eigenvalue weighted by molar-refractivity contribution is -0.126. The van der Waals surface area contributed by atoms with Gasteiger partial charge < -0.3 is 15.8 Å². The molecular weight excluding hydrogens is 228 g/mol. The highest BCUT2D eigenvalue weighted by molar-refractivity contribution is 5.80. The van der Waals surface area contributed by atoms with Gasteiger partial charge in [0.2, 0.25) is 5.91 Å². The van der Waals surface area contributed by atoms with E-state index in [0.29, 0.717) is 12.6 Å². The second-order valence-electron chi connectivity index (χ2n) is 6.56. The lowest BCUT2D eigenvalue weighted by atomic mass is 9.87. The van der Waals surface area contributed by atoms with Crippen LogP contribution < -0.4 is 11.1 Å². The summed E-state index contributed by atoms with van der Waals surface area (Å²) < 4.78 is 6.00. The third-order valence-electron chi connectivity index (χ3n) is 4.51. The van der Waals surface area contributed by atoms with Crippen molar-refractivity contribution in [1.82, 2.24) is 5.32 Å². The molecule has 0 radical (unpaired) electrons. The monoisotopic (exact) mass is 254 g/mol. The minimum Gasteiger partial charge on any atom is -0.375 e. The molecule has 1 aliphatic heterocycles. The standard InChI is InChI=1S/C14H26N2O2/c1-13(2,12(15)17)10-16-11-5-8-18-14(9-11)6-3-4-7-14/h11,16H,3-10H2,1-2H3,(H2,15,17). The molecule has 1 aliphatic carbocycles. The molecule has 1 atom stereocenters. The number of carbonyl (C=O) groups excluding carboxylic acids is 1. The molecule has 1 saturated heterocycles. The Morgan fingerprint density at radius 1 is 1.44 bits per heavy atom. The number of rotatable bonds is 4. The van der Waals surface area contributed by atoms with Gasteiger partial charge in [-0.1, -0.05) is 12.8 Å². The molecule has 0 aromatic rings. The molecule has 0 bridgehead atoms. The number of hydrogen-bond donors (Lipinski definition) is 2. The number of amides is 1. The van der Waals surface area contributed by atoms with E-state index in [1.807, 2.05) is 13.8 Å². The van der Waals surface area contributed by atoms with Gasteiger partial charge in [-0.3, -0.25) is 4.79 Å². The molecular formula is C14H26N2O2. The molecule has 0 aromatic carbocycles. The number of nitrogens with two attached hydrogens (primary N) is 1. The minimum absolute atomic E-state index is 0.132. The van der Waals surface area contributed by atoms with Crippen molar-refractivity contribution in [3.8, 4) is 0 Å². The van der Waals surface area contributed by atoms with Gasteiger partial charge in [0.1, 0.15) is 0 Å². The highest BCUT2D eigenvalue weighted by Gasteiger charge is 2.40. The summed E-state index contributed by atoms with van der Waals surface area (Å²) in [7, 11) is 0. The Balaban J connectivity index is 1.85. The second kappa shape index (κ2) is 5.17. The van der Waals surface area contributed by atoms with Crippen LogP contribution in [0.5, 0.6) is 0 Å². The van der Waals surface area contributed by atoms with E-state index in [4.69, 9.17) is 10.5 Å². The Bertz CT molecular complexity index is 309. The van der Waals surface area contributed by atoms with E-state index in [1.165, 1.54) is 25.7 Å². The SMILES string of the molecule is CC(C)(CNC1CCOC2(CCCC2)C1)C(N)=O. The summed E-state index contributed by atoms with van der Waals surface area (Å²) in [5.41, 5.74) is 5.06. The smallest absolute Gasteiger partial charge is 0.224 e. The molecule has 3 N–H and O–H groups in total. The van der Waals surface area contributed by atoms with Gasteiger partial charge in [-0.05, 0) is 39.5 Å². The predicted molar refractivity (Wildman–Crippen MR) is 71.2 cm³/mol. The van der Waals surface area contributed by atoms with Crippen molar-refractivity contribution in [1.29, 1.82) is 0 Å². The summed E-state index contributed by atoms with van der Waals surface area (Å²) in [4.78, 5) is 11.3. The Labute approximate surface area is 110 Å². The summed E-state index contributed by atoms with van der Waals surface area (Å²) in [5.74, 6) is -0.238. The summed E-state index contributed by atoms with van der Waals surface area (Å²) in [6.45, 7) is 5.29. The van der Waals surface area contributed by atoms with Crippen LogP contribution in [-0.4, -0.2) is 30.7 Å². The molecule has 1 unspecified atom stereocenters. The van der Waals surface area contributed by atoms with E-state index in [2.05, 4.69) is 5.32 Å². The van der Waals surface area contributed by atoms with Crippen LogP contribution in [0.2, 0.25) is 0 Å². The summed E-state index contributed by atoms with van der Waals surface area (Å²) in [6.07, 6.45) is 7.10. The Morgan fingerprint density at radius 3 is 2.72 bits per heavy atom. The maximum absolute atomic E-state index is 11.3.